The Hall–Kier alpha value is -3.93. The second kappa shape index (κ2) is 8.83. The summed E-state index contributed by atoms with van der Waals surface area (Å²) in [5, 5.41) is 5.77. The first-order valence-corrected chi connectivity index (χ1v) is 10.1. The fraction of sp³-hybridized carbons (Fsp3) is 0.160. The molecule has 3 N–H and O–H groups in total. The summed E-state index contributed by atoms with van der Waals surface area (Å²) in [5.41, 5.74) is 6.21. The fourth-order valence-electron chi connectivity index (χ4n) is 3.72. The molecule has 0 fully saturated rings. The number of aryl methyl sites for hydroxylation is 2. The zero-order valence-electron chi connectivity index (χ0n) is 17.5. The molecule has 1 unspecified atom stereocenters. The number of rotatable bonds is 6. The Morgan fingerprint density at radius 1 is 0.935 bits per heavy atom. The van der Waals surface area contributed by atoms with E-state index in [-0.39, 0.29) is 24.4 Å². The van der Waals surface area contributed by atoms with Gasteiger partial charge in [0.05, 0.1) is 29.9 Å². The minimum absolute atomic E-state index is 0.110. The van der Waals surface area contributed by atoms with E-state index < -0.39 is 0 Å². The van der Waals surface area contributed by atoms with Crippen molar-refractivity contribution < 1.29 is 9.59 Å². The summed E-state index contributed by atoms with van der Waals surface area (Å²) in [6, 6.07) is 20.9. The number of imidazole rings is 1. The fourth-order valence-corrected chi connectivity index (χ4v) is 3.72. The van der Waals surface area contributed by atoms with Gasteiger partial charge in [0.25, 0.3) is 5.91 Å². The Balaban J connectivity index is 1.50. The molecule has 31 heavy (non-hydrogen) atoms. The topological polar surface area (TPSA) is 86.9 Å². The maximum absolute atomic E-state index is 12.7. The van der Waals surface area contributed by atoms with Crippen LogP contribution in [-0.2, 0) is 4.79 Å². The Morgan fingerprint density at radius 2 is 1.68 bits per heavy atom. The van der Waals surface area contributed by atoms with E-state index in [1.54, 1.807) is 6.33 Å². The Kier molecular flexibility index (Phi) is 5.80. The van der Waals surface area contributed by atoms with E-state index in [1.165, 1.54) is 0 Å². The summed E-state index contributed by atoms with van der Waals surface area (Å²) < 4.78 is 0. The molecular formula is C25H24N4O2. The van der Waals surface area contributed by atoms with Crippen molar-refractivity contribution in [1.82, 2.24) is 20.6 Å². The summed E-state index contributed by atoms with van der Waals surface area (Å²) in [6.45, 7) is 3.77. The molecule has 0 saturated carbocycles. The standard InChI is InChI=1S/C25H24N4O2/c1-16-10-17(2)12-20(11-16)25(31)26-14-23(30)29-24(18-6-4-3-5-7-18)19-8-9-21-22(13-19)28-15-27-21/h3-13,15,24H,14H2,1-2H3,(H,26,31)(H,27,28)(H,29,30). The Labute approximate surface area is 180 Å². The second-order valence-corrected chi connectivity index (χ2v) is 7.65. The molecule has 1 heterocycles. The van der Waals surface area contributed by atoms with Gasteiger partial charge in [-0.25, -0.2) is 4.98 Å². The molecular weight excluding hydrogens is 388 g/mol. The molecule has 0 spiro atoms. The Morgan fingerprint density at radius 3 is 2.42 bits per heavy atom. The molecule has 4 rings (SSSR count). The van der Waals surface area contributed by atoms with Crippen molar-refractivity contribution in [2.24, 2.45) is 0 Å². The predicted octanol–water partition coefficient (Wildman–Crippen LogP) is 3.82. The van der Waals surface area contributed by atoms with E-state index in [0.29, 0.717) is 5.56 Å². The number of H-pyrrole nitrogens is 1. The molecule has 0 aliphatic carbocycles. The zero-order valence-corrected chi connectivity index (χ0v) is 17.5. The minimum Gasteiger partial charge on any atom is -0.345 e. The van der Waals surface area contributed by atoms with Crippen LogP contribution in [0.3, 0.4) is 0 Å². The molecule has 6 heteroatoms. The van der Waals surface area contributed by atoms with Crippen molar-refractivity contribution in [2.45, 2.75) is 19.9 Å². The van der Waals surface area contributed by atoms with Crippen molar-refractivity contribution in [1.29, 1.82) is 0 Å². The summed E-state index contributed by atoms with van der Waals surface area (Å²) in [4.78, 5) is 32.6. The molecule has 1 aromatic heterocycles. The predicted molar refractivity (Wildman–Crippen MR) is 121 cm³/mol. The van der Waals surface area contributed by atoms with Crippen LogP contribution >= 0.6 is 0 Å². The third-order valence-corrected chi connectivity index (χ3v) is 5.11. The number of carbonyl (C=O) groups is 2. The van der Waals surface area contributed by atoms with Crippen LogP contribution in [-0.4, -0.2) is 28.3 Å². The highest BCUT2D eigenvalue weighted by molar-refractivity contribution is 5.96. The van der Waals surface area contributed by atoms with Crippen LogP contribution in [0.5, 0.6) is 0 Å². The molecule has 4 aromatic rings. The summed E-state index contributed by atoms with van der Waals surface area (Å²) in [5.74, 6) is -0.534. The third kappa shape index (κ3) is 4.80. The van der Waals surface area contributed by atoms with Gasteiger partial charge in [-0.15, -0.1) is 0 Å². The number of nitrogens with zero attached hydrogens (tertiary/aromatic N) is 1. The van der Waals surface area contributed by atoms with E-state index in [4.69, 9.17) is 0 Å². The van der Waals surface area contributed by atoms with Gasteiger partial charge in [0, 0.05) is 5.56 Å². The van der Waals surface area contributed by atoms with Crippen molar-refractivity contribution in [3.8, 4) is 0 Å². The van der Waals surface area contributed by atoms with E-state index in [1.807, 2.05) is 80.6 Å². The van der Waals surface area contributed by atoms with Gasteiger partial charge in [-0.3, -0.25) is 9.59 Å². The zero-order chi connectivity index (χ0) is 21.8. The molecule has 6 nitrogen and oxygen atoms in total. The van der Waals surface area contributed by atoms with Crippen LogP contribution in [0.2, 0.25) is 0 Å². The van der Waals surface area contributed by atoms with Crippen LogP contribution < -0.4 is 10.6 Å². The lowest BCUT2D eigenvalue weighted by Gasteiger charge is -2.20. The maximum Gasteiger partial charge on any atom is 0.251 e. The van der Waals surface area contributed by atoms with Gasteiger partial charge in [0.2, 0.25) is 5.91 Å². The molecule has 1 atom stereocenters. The lowest BCUT2D eigenvalue weighted by Crippen LogP contribution is -2.39. The number of hydrogen-bond acceptors (Lipinski definition) is 3. The van der Waals surface area contributed by atoms with Crippen LogP contribution in [0.15, 0.2) is 73.1 Å². The van der Waals surface area contributed by atoms with E-state index in [0.717, 1.165) is 33.3 Å². The van der Waals surface area contributed by atoms with Gasteiger partial charge in [-0.05, 0) is 49.2 Å². The number of nitrogens with one attached hydrogen (secondary N) is 3. The maximum atomic E-state index is 12.7. The van der Waals surface area contributed by atoms with Crippen molar-refractivity contribution in [3.05, 3.63) is 101 Å². The van der Waals surface area contributed by atoms with Crippen molar-refractivity contribution in [3.63, 3.8) is 0 Å². The molecule has 2 amide bonds. The normalized spacial score (nSPS) is 11.8. The molecule has 3 aromatic carbocycles. The van der Waals surface area contributed by atoms with Crippen molar-refractivity contribution in [2.75, 3.05) is 6.54 Å². The van der Waals surface area contributed by atoms with Crippen LogP contribution in [0.1, 0.15) is 38.7 Å². The molecule has 0 saturated heterocycles. The highest BCUT2D eigenvalue weighted by Crippen LogP contribution is 2.24. The summed E-state index contributed by atoms with van der Waals surface area (Å²) in [6.07, 6.45) is 1.65. The number of hydrogen-bond donors (Lipinski definition) is 3. The van der Waals surface area contributed by atoms with E-state index in [9.17, 15) is 9.59 Å². The largest absolute Gasteiger partial charge is 0.345 e. The summed E-state index contributed by atoms with van der Waals surface area (Å²) >= 11 is 0. The van der Waals surface area contributed by atoms with E-state index >= 15 is 0 Å². The average Bonchev–Trinajstić information content (AvgIpc) is 3.23. The molecule has 0 radical (unpaired) electrons. The summed E-state index contributed by atoms with van der Waals surface area (Å²) in [7, 11) is 0. The van der Waals surface area contributed by atoms with Gasteiger partial charge in [0.15, 0.2) is 0 Å². The van der Waals surface area contributed by atoms with Crippen LogP contribution in [0, 0.1) is 13.8 Å². The number of aromatic amines is 1. The molecule has 0 bridgehead atoms. The monoisotopic (exact) mass is 412 g/mol. The van der Waals surface area contributed by atoms with Crippen molar-refractivity contribution >= 4 is 22.8 Å². The highest BCUT2D eigenvalue weighted by Gasteiger charge is 2.18. The number of aromatic nitrogens is 2. The average molecular weight is 412 g/mol. The minimum atomic E-state index is -0.348. The van der Waals surface area contributed by atoms with E-state index in [2.05, 4.69) is 20.6 Å². The number of amides is 2. The highest BCUT2D eigenvalue weighted by atomic mass is 16.2. The third-order valence-electron chi connectivity index (χ3n) is 5.11. The SMILES string of the molecule is Cc1cc(C)cc(C(=O)NCC(=O)NC(c2ccccc2)c2ccc3nc[nH]c3c2)c1. The number of benzene rings is 3. The van der Waals surface area contributed by atoms with Gasteiger partial charge in [-0.1, -0.05) is 53.6 Å². The van der Waals surface area contributed by atoms with Gasteiger partial charge in [-0.2, -0.15) is 0 Å². The van der Waals surface area contributed by atoms with Crippen LogP contribution in [0.4, 0.5) is 0 Å². The number of fused-ring (bicyclic) bond motifs is 1. The number of carbonyl (C=O) groups excluding carboxylic acids is 2. The van der Waals surface area contributed by atoms with Crippen LogP contribution in [0.25, 0.3) is 11.0 Å². The molecule has 0 aliphatic rings. The first-order valence-electron chi connectivity index (χ1n) is 10.1. The Bertz CT molecular complexity index is 1210. The molecule has 0 aliphatic heterocycles. The first-order chi connectivity index (χ1) is 15.0. The quantitative estimate of drug-likeness (QED) is 0.450. The lowest BCUT2D eigenvalue weighted by molar-refractivity contribution is -0.120. The van der Waals surface area contributed by atoms with Gasteiger partial charge < -0.3 is 15.6 Å². The lowest BCUT2D eigenvalue weighted by atomic mass is 9.98. The first kappa shape index (κ1) is 20.3. The van der Waals surface area contributed by atoms with Gasteiger partial charge >= 0.3 is 0 Å². The smallest absolute Gasteiger partial charge is 0.251 e. The second-order valence-electron chi connectivity index (χ2n) is 7.65. The van der Waals surface area contributed by atoms with Gasteiger partial charge in [0.1, 0.15) is 0 Å². The molecule has 156 valence electrons.